The second kappa shape index (κ2) is 5.48. The number of nitrogens with zero attached hydrogens (tertiary/aromatic N) is 1. The summed E-state index contributed by atoms with van der Waals surface area (Å²) in [4.78, 5) is 13.7. The molecule has 1 atom stereocenters. The second-order valence-corrected chi connectivity index (χ2v) is 6.52. The lowest BCUT2D eigenvalue weighted by molar-refractivity contribution is -0.121. The van der Waals surface area contributed by atoms with E-state index in [-0.39, 0.29) is 12.5 Å². The summed E-state index contributed by atoms with van der Waals surface area (Å²) in [5, 5.41) is 0.557. The topological polar surface area (TPSA) is 63.7 Å². The Kier molecular flexibility index (Phi) is 4.13. The first kappa shape index (κ1) is 14.3. The summed E-state index contributed by atoms with van der Waals surface area (Å²) in [6.07, 6.45) is 1.54. The molecule has 1 aliphatic heterocycles. The molecule has 0 aliphatic carbocycles. The molecule has 0 spiro atoms. The van der Waals surface area contributed by atoms with Crippen LogP contribution in [-0.2, 0) is 19.1 Å². The number of rotatable bonds is 4. The molecule has 1 aromatic carbocycles. The van der Waals surface area contributed by atoms with Crippen LogP contribution < -0.4 is 4.90 Å². The highest BCUT2D eigenvalue weighted by molar-refractivity contribution is 7.85. The van der Waals surface area contributed by atoms with Gasteiger partial charge in [0.05, 0.1) is 18.8 Å². The van der Waals surface area contributed by atoms with Crippen molar-refractivity contribution in [2.75, 3.05) is 24.3 Å². The van der Waals surface area contributed by atoms with Crippen molar-refractivity contribution in [2.24, 2.45) is 5.92 Å². The van der Waals surface area contributed by atoms with E-state index in [1.165, 1.54) is 0 Å². The van der Waals surface area contributed by atoms with Crippen LogP contribution in [0.3, 0.4) is 0 Å². The van der Waals surface area contributed by atoms with Gasteiger partial charge in [0.2, 0.25) is 5.91 Å². The van der Waals surface area contributed by atoms with E-state index >= 15 is 0 Å². The number of anilines is 1. The maximum Gasteiger partial charge on any atom is 0.264 e. The van der Waals surface area contributed by atoms with Crippen LogP contribution in [-0.4, -0.2) is 33.7 Å². The van der Waals surface area contributed by atoms with Crippen molar-refractivity contribution in [3.8, 4) is 0 Å². The zero-order valence-corrected chi connectivity index (χ0v) is 11.9. The number of carbonyl (C=O) groups excluding carboxylic acids is 1. The molecule has 0 bridgehead atoms. The summed E-state index contributed by atoms with van der Waals surface area (Å²) >= 11 is 5.89. The molecule has 1 amide bonds. The smallest absolute Gasteiger partial charge is 0.264 e. The van der Waals surface area contributed by atoms with E-state index in [1.54, 1.807) is 29.2 Å². The van der Waals surface area contributed by atoms with Gasteiger partial charge in [0, 0.05) is 17.3 Å². The predicted molar refractivity (Wildman–Crippen MR) is 72.7 cm³/mol. The first-order valence-electron chi connectivity index (χ1n) is 5.78. The molecule has 1 aliphatic rings. The van der Waals surface area contributed by atoms with Crippen LogP contribution in [0, 0.1) is 5.92 Å². The molecule has 1 aromatic rings. The van der Waals surface area contributed by atoms with Crippen molar-refractivity contribution in [1.82, 2.24) is 0 Å². The SMILES string of the molecule is CS(=O)(=O)OCC1CCN(c2cccc(Cl)c2)C1=O. The fourth-order valence-electron chi connectivity index (χ4n) is 2.00. The summed E-state index contributed by atoms with van der Waals surface area (Å²) in [5.74, 6) is -0.556. The second-order valence-electron chi connectivity index (χ2n) is 4.44. The highest BCUT2D eigenvalue weighted by Crippen LogP contribution is 2.27. The fraction of sp³-hybridized carbons (Fsp3) is 0.417. The van der Waals surface area contributed by atoms with Gasteiger partial charge in [-0.2, -0.15) is 8.42 Å². The van der Waals surface area contributed by atoms with Gasteiger partial charge in [-0.15, -0.1) is 0 Å². The Morgan fingerprint density at radius 1 is 1.47 bits per heavy atom. The Balaban J connectivity index is 2.06. The number of hydrogen-bond acceptors (Lipinski definition) is 4. The van der Waals surface area contributed by atoms with Crippen molar-refractivity contribution >= 4 is 33.3 Å². The largest absolute Gasteiger partial charge is 0.312 e. The molecule has 0 saturated carbocycles. The quantitative estimate of drug-likeness (QED) is 0.794. The average molecular weight is 304 g/mol. The molecule has 0 aromatic heterocycles. The average Bonchev–Trinajstić information content (AvgIpc) is 2.67. The van der Waals surface area contributed by atoms with Crippen molar-refractivity contribution in [3.05, 3.63) is 29.3 Å². The maximum atomic E-state index is 12.1. The van der Waals surface area contributed by atoms with Crippen molar-refractivity contribution in [3.63, 3.8) is 0 Å². The van der Waals surface area contributed by atoms with E-state index in [0.717, 1.165) is 11.9 Å². The normalized spacial score (nSPS) is 20.0. The highest BCUT2D eigenvalue weighted by atomic mass is 35.5. The Morgan fingerprint density at radius 2 is 2.21 bits per heavy atom. The van der Waals surface area contributed by atoms with E-state index in [2.05, 4.69) is 0 Å². The fourth-order valence-corrected chi connectivity index (χ4v) is 2.60. The maximum absolute atomic E-state index is 12.1. The molecule has 19 heavy (non-hydrogen) atoms. The van der Waals surface area contributed by atoms with Gasteiger partial charge >= 0.3 is 0 Å². The molecular formula is C12H14ClNO4S. The Labute approximate surface area is 117 Å². The molecule has 1 heterocycles. The van der Waals surface area contributed by atoms with Gasteiger partial charge in [-0.05, 0) is 24.6 Å². The summed E-state index contributed by atoms with van der Waals surface area (Å²) in [5.41, 5.74) is 0.722. The number of carbonyl (C=O) groups is 1. The van der Waals surface area contributed by atoms with Crippen LogP contribution in [0.1, 0.15) is 6.42 Å². The van der Waals surface area contributed by atoms with Gasteiger partial charge in [-0.3, -0.25) is 8.98 Å². The monoisotopic (exact) mass is 303 g/mol. The minimum atomic E-state index is -3.52. The lowest BCUT2D eigenvalue weighted by Gasteiger charge is -2.17. The third-order valence-electron chi connectivity index (χ3n) is 2.92. The lowest BCUT2D eigenvalue weighted by atomic mass is 10.1. The minimum absolute atomic E-state index is 0.102. The van der Waals surface area contributed by atoms with E-state index in [0.29, 0.717) is 18.0 Å². The van der Waals surface area contributed by atoms with E-state index < -0.39 is 16.0 Å². The third-order valence-corrected chi connectivity index (χ3v) is 3.72. The molecule has 1 saturated heterocycles. The van der Waals surface area contributed by atoms with Crippen LogP contribution in [0.4, 0.5) is 5.69 Å². The zero-order valence-electron chi connectivity index (χ0n) is 10.4. The summed E-state index contributed by atoms with van der Waals surface area (Å²) in [6.45, 7) is 0.436. The molecular weight excluding hydrogens is 290 g/mol. The number of halogens is 1. The summed E-state index contributed by atoms with van der Waals surface area (Å²) in [7, 11) is -3.52. The molecule has 5 nitrogen and oxygen atoms in total. The first-order valence-corrected chi connectivity index (χ1v) is 7.97. The van der Waals surface area contributed by atoms with Crippen molar-refractivity contribution in [2.45, 2.75) is 6.42 Å². The molecule has 1 unspecified atom stereocenters. The number of amides is 1. The molecule has 0 N–H and O–H groups in total. The molecule has 1 fully saturated rings. The van der Waals surface area contributed by atoms with Crippen molar-refractivity contribution in [1.29, 1.82) is 0 Å². The van der Waals surface area contributed by atoms with Gasteiger partial charge in [-0.25, -0.2) is 0 Å². The molecule has 0 radical (unpaired) electrons. The molecule has 2 rings (SSSR count). The van der Waals surface area contributed by atoms with Gasteiger partial charge in [-0.1, -0.05) is 17.7 Å². The lowest BCUT2D eigenvalue weighted by Crippen LogP contribution is -2.29. The van der Waals surface area contributed by atoms with Crippen LogP contribution >= 0.6 is 11.6 Å². The van der Waals surface area contributed by atoms with Gasteiger partial charge < -0.3 is 4.90 Å². The first-order chi connectivity index (χ1) is 8.87. The van der Waals surface area contributed by atoms with Crippen LogP contribution in [0.25, 0.3) is 0 Å². The van der Waals surface area contributed by atoms with E-state index in [4.69, 9.17) is 15.8 Å². The third kappa shape index (κ3) is 3.68. The number of hydrogen-bond donors (Lipinski definition) is 0. The predicted octanol–water partition coefficient (Wildman–Crippen LogP) is 1.67. The van der Waals surface area contributed by atoms with Gasteiger partial charge in [0.25, 0.3) is 10.1 Å². The Morgan fingerprint density at radius 3 is 2.84 bits per heavy atom. The van der Waals surface area contributed by atoms with E-state index in [1.807, 2.05) is 0 Å². The molecule has 7 heteroatoms. The Hall–Kier alpha value is -1.11. The Bertz CT molecular complexity index is 587. The van der Waals surface area contributed by atoms with Crippen molar-refractivity contribution < 1.29 is 17.4 Å². The summed E-state index contributed by atoms with van der Waals surface area (Å²) in [6, 6.07) is 7.00. The zero-order chi connectivity index (χ0) is 14.0. The van der Waals surface area contributed by atoms with Gasteiger partial charge in [0.15, 0.2) is 0 Å². The standard InChI is InChI=1S/C12H14ClNO4S/c1-19(16,17)18-8-9-5-6-14(12(9)15)11-4-2-3-10(13)7-11/h2-4,7,9H,5-6,8H2,1H3. The van der Waals surface area contributed by atoms with Gasteiger partial charge in [0.1, 0.15) is 0 Å². The number of benzene rings is 1. The highest BCUT2D eigenvalue weighted by Gasteiger charge is 2.33. The van der Waals surface area contributed by atoms with Crippen LogP contribution in [0.2, 0.25) is 5.02 Å². The minimum Gasteiger partial charge on any atom is -0.312 e. The van der Waals surface area contributed by atoms with Crippen LogP contribution in [0.15, 0.2) is 24.3 Å². The molecule has 104 valence electrons. The van der Waals surface area contributed by atoms with Crippen LogP contribution in [0.5, 0.6) is 0 Å². The summed E-state index contributed by atoms with van der Waals surface area (Å²) < 4.78 is 26.5. The van der Waals surface area contributed by atoms with E-state index in [9.17, 15) is 13.2 Å².